The third-order valence-electron chi connectivity index (χ3n) is 2.87. The summed E-state index contributed by atoms with van der Waals surface area (Å²) in [7, 11) is 0. The Labute approximate surface area is 101 Å². The Morgan fingerprint density at radius 3 is 2.88 bits per heavy atom. The van der Waals surface area contributed by atoms with E-state index in [4.69, 9.17) is 4.74 Å². The van der Waals surface area contributed by atoms with Gasteiger partial charge in [-0.25, -0.2) is 0 Å². The van der Waals surface area contributed by atoms with Gasteiger partial charge in [-0.1, -0.05) is 30.3 Å². The van der Waals surface area contributed by atoms with Crippen molar-refractivity contribution in [1.82, 2.24) is 9.88 Å². The molecule has 1 aliphatic rings. The van der Waals surface area contributed by atoms with Crippen molar-refractivity contribution in [2.75, 3.05) is 6.73 Å². The van der Waals surface area contributed by atoms with E-state index in [1.807, 2.05) is 24.4 Å². The zero-order chi connectivity index (χ0) is 11.5. The first-order chi connectivity index (χ1) is 8.42. The molecular weight excluding hydrogens is 212 g/mol. The Morgan fingerprint density at radius 1 is 1.12 bits per heavy atom. The first-order valence-electron chi connectivity index (χ1n) is 5.75. The average molecular weight is 226 g/mol. The molecule has 0 atom stereocenters. The fraction of sp³-hybridized carbons (Fsp3) is 0.214. The molecule has 0 saturated heterocycles. The number of benzene rings is 1. The van der Waals surface area contributed by atoms with E-state index in [-0.39, 0.29) is 0 Å². The molecule has 0 spiro atoms. The molecule has 86 valence electrons. The second-order valence-corrected chi connectivity index (χ2v) is 4.19. The molecule has 0 N–H and O–H groups in total. The molecule has 17 heavy (non-hydrogen) atoms. The van der Waals surface area contributed by atoms with Crippen LogP contribution in [-0.4, -0.2) is 16.6 Å². The van der Waals surface area contributed by atoms with E-state index in [1.54, 1.807) is 0 Å². The van der Waals surface area contributed by atoms with Gasteiger partial charge in [-0.15, -0.1) is 0 Å². The zero-order valence-corrected chi connectivity index (χ0v) is 9.54. The molecule has 0 saturated carbocycles. The fourth-order valence-electron chi connectivity index (χ4n) is 2.03. The predicted molar refractivity (Wildman–Crippen MR) is 65.4 cm³/mol. The quantitative estimate of drug-likeness (QED) is 0.786. The van der Waals surface area contributed by atoms with Gasteiger partial charge in [0.15, 0.2) is 0 Å². The van der Waals surface area contributed by atoms with Gasteiger partial charge in [0, 0.05) is 19.3 Å². The molecule has 3 nitrogen and oxygen atoms in total. The summed E-state index contributed by atoms with van der Waals surface area (Å²) in [6.45, 7) is 2.38. The third-order valence-corrected chi connectivity index (χ3v) is 2.87. The predicted octanol–water partition coefficient (Wildman–Crippen LogP) is 2.43. The minimum absolute atomic E-state index is 0.633. The van der Waals surface area contributed by atoms with Gasteiger partial charge in [-0.3, -0.25) is 9.88 Å². The van der Waals surface area contributed by atoms with E-state index in [1.165, 1.54) is 5.56 Å². The number of pyridine rings is 1. The van der Waals surface area contributed by atoms with E-state index in [0.29, 0.717) is 6.73 Å². The Morgan fingerprint density at radius 2 is 2.00 bits per heavy atom. The molecular formula is C14H14N2O. The maximum atomic E-state index is 5.67. The highest BCUT2D eigenvalue weighted by Crippen LogP contribution is 2.22. The number of nitrogens with zero attached hydrogens (tertiary/aromatic N) is 2. The molecule has 2 heterocycles. The minimum atomic E-state index is 0.633. The Bertz CT molecular complexity index is 499. The van der Waals surface area contributed by atoms with Crippen molar-refractivity contribution in [2.24, 2.45) is 0 Å². The van der Waals surface area contributed by atoms with Crippen LogP contribution in [0.1, 0.15) is 11.3 Å². The molecule has 0 aliphatic carbocycles. The summed E-state index contributed by atoms with van der Waals surface area (Å²) >= 11 is 0. The van der Waals surface area contributed by atoms with Crippen LogP contribution in [0.25, 0.3) is 0 Å². The lowest BCUT2D eigenvalue weighted by molar-refractivity contribution is 0.0860. The first kappa shape index (κ1) is 10.3. The van der Waals surface area contributed by atoms with Crippen molar-refractivity contribution in [2.45, 2.75) is 13.1 Å². The van der Waals surface area contributed by atoms with Crippen LogP contribution in [0.5, 0.6) is 5.75 Å². The van der Waals surface area contributed by atoms with E-state index in [9.17, 15) is 0 Å². The van der Waals surface area contributed by atoms with Gasteiger partial charge in [0.05, 0.1) is 5.69 Å². The zero-order valence-electron chi connectivity index (χ0n) is 9.54. The SMILES string of the molecule is c1ccc(CN2COc3cccnc3C2)cc1. The summed E-state index contributed by atoms with van der Waals surface area (Å²) in [5, 5.41) is 0. The molecule has 0 bridgehead atoms. The molecule has 0 fully saturated rings. The molecule has 0 unspecified atom stereocenters. The maximum Gasteiger partial charge on any atom is 0.144 e. The summed E-state index contributed by atoms with van der Waals surface area (Å²) in [6.07, 6.45) is 1.81. The maximum absolute atomic E-state index is 5.67. The van der Waals surface area contributed by atoms with Crippen LogP contribution >= 0.6 is 0 Å². The minimum Gasteiger partial charge on any atom is -0.476 e. The molecule has 3 heteroatoms. The van der Waals surface area contributed by atoms with Crippen molar-refractivity contribution in [3.8, 4) is 5.75 Å². The monoisotopic (exact) mass is 226 g/mol. The van der Waals surface area contributed by atoms with Gasteiger partial charge in [0.1, 0.15) is 12.5 Å². The number of hydrogen-bond donors (Lipinski definition) is 0. The van der Waals surface area contributed by atoms with Gasteiger partial charge in [0.25, 0.3) is 0 Å². The smallest absolute Gasteiger partial charge is 0.144 e. The summed E-state index contributed by atoms with van der Waals surface area (Å²) in [5.41, 5.74) is 2.32. The highest BCUT2D eigenvalue weighted by molar-refractivity contribution is 5.28. The Balaban J connectivity index is 1.72. The topological polar surface area (TPSA) is 25.4 Å². The third kappa shape index (κ3) is 2.29. The van der Waals surface area contributed by atoms with E-state index in [2.05, 4.69) is 34.1 Å². The van der Waals surface area contributed by atoms with Crippen LogP contribution < -0.4 is 4.74 Å². The summed E-state index contributed by atoms with van der Waals surface area (Å²) in [5.74, 6) is 0.914. The van der Waals surface area contributed by atoms with Gasteiger partial charge < -0.3 is 4.74 Å². The highest BCUT2D eigenvalue weighted by atomic mass is 16.5. The van der Waals surface area contributed by atoms with Crippen LogP contribution in [0.15, 0.2) is 48.7 Å². The van der Waals surface area contributed by atoms with E-state index in [0.717, 1.165) is 24.5 Å². The Kier molecular flexibility index (Phi) is 2.76. The number of aromatic nitrogens is 1. The molecule has 0 radical (unpaired) electrons. The molecule has 1 aromatic heterocycles. The summed E-state index contributed by atoms with van der Waals surface area (Å²) in [6, 6.07) is 14.3. The lowest BCUT2D eigenvalue weighted by Crippen LogP contribution is -2.31. The van der Waals surface area contributed by atoms with Crippen LogP contribution in [0.2, 0.25) is 0 Å². The van der Waals surface area contributed by atoms with E-state index < -0.39 is 0 Å². The number of hydrogen-bond acceptors (Lipinski definition) is 3. The molecule has 1 aliphatic heterocycles. The van der Waals surface area contributed by atoms with Crippen molar-refractivity contribution < 1.29 is 4.74 Å². The van der Waals surface area contributed by atoms with Crippen molar-refractivity contribution in [1.29, 1.82) is 0 Å². The van der Waals surface area contributed by atoms with Gasteiger partial charge >= 0.3 is 0 Å². The van der Waals surface area contributed by atoms with Gasteiger partial charge in [-0.05, 0) is 17.7 Å². The lowest BCUT2D eigenvalue weighted by atomic mass is 10.2. The fourth-order valence-corrected chi connectivity index (χ4v) is 2.03. The second kappa shape index (κ2) is 4.55. The van der Waals surface area contributed by atoms with Crippen LogP contribution in [0.3, 0.4) is 0 Å². The number of fused-ring (bicyclic) bond motifs is 1. The van der Waals surface area contributed by atoms with Crippen molar-refractivity contribution in [3.63, 3.8) is 0 Å². The average Bonchev–Trinajstić information content (AvgIpc) is 2.40. The molecule has 0 amide bonds. The number of rotatable bonds is 2. The molecule has 3 rings (SSSR count). The summed E-state index contributed by atoms with van der Waals surface area (Å²) < 4.78 is 5.67. The summed E-state index contributed by atoms with van der Waals surface area (Å²) in [4.78, 5) is 6.59. The van der Waals surface area contributed by atoms with Crippen LogP contribution in [0.4, 0.5) is 0 Å². The van der Waals surface area contributed by atoms with Gasteiger partial charge in [0.2, 0.25) is 0 Å². The normalized spacial score (nSPS) is 15.1. The molecule has 1 aromatic carbocycles. The van der Waals surface area contributed by atoms with Crippen molar-refractivity contribution in [3.05, 3.63) is 59.9 Å². The Hall–Kier alpha value is -1.87. The van der Waals surface area contributed by atoms with E-state index >= 15 is 0 Å². The van der Waals surface area contributed by atoms with Crippen LogP contribution in [-0.2, 0) is 13.1 Å². The van der Waals surface area contributed by atoms with Gasteiger partial charge in [-0.2, -0.15) is 0 Å². The largest absolute Gasteiger partial charge is 0.476 e. The lowest BCUT2D eigenvalue weighted by Gasteiger charge is -2.27. The van der Waals surface area contributed by atoms with Crippen molar-refractivity contribution >= 4 is 0 Å². The second-order valence-electron chi connectivity index (χ2n) is 4.19. The molecule has 2 aromatic rings. The first-order valence-corrected chi connectivity index (χ1v) is 5.75. The van der Waals surface area contributed by atoms with Crippen LogP contribution in [0, 0.1) is 0 Å². The highest BCUT2D eigenvalue weighted by Gasteiger charge is 2.17. The standard InChI is InChI=1S/C14H14N2O/c1-2-5-12(6-3-1)9-16-10-13-14(17-11-16)7-4-8-15-13/h1-8H,9-11H2. The number of ether oxygens (including phenoxy) is 1.